The highest BCUT2D eigenvalue weighted by Gasteiger charge is 2.21. The number of hydrogen-bond acceptors (Lipinski definition) is 4. The maximum absolute atomic E-state index is 12.8. The first-order chi connectivity index (χ1) is 15.2. The summed E-state index contributed by atoms with van der Waals surface area (Å²) in [6, 6.07) is 20.5. The van der Waals surface area contributed by atoms with Crippen LogP contribution in [-0.2, 0) is 21.4 Å². The summed E-state index contributed by atoms with van der Waals surface area (Å²) in [5.41, 5.74) is 2.28. The smallest absolute Gasteiger partial charge is 0.264 e. The van der Waals surface area contributed by atoms with E-state index in [1.165, 1.54) is 11.4 Å². The molecule has 0 aliphatic carbocycles. The minimum Gasteiger partial charge on any atom is -0.481 e. The summed E-state index contributed by atoms with van der Waals surface area (Å²) in [5, 5.41) is 3.38. The Bertz CT molecular complexity index is 1180. The molecule has 0 saturated heterocycles. The van der Waals surface area contributed by atoms with E-state index in [1.54, 1.807) is 61.5 Å². The molecule has 6 nitrogen and oxygen atoms in total. The maximum atomic E-state index is 12.8. The zero-order valence-corrected chi connectivity index (χ0v) is 19.7. The summed E-state index contributed by atoms with van der Waals surface area (Å²) < 4.78 is 32.6. The molecule has 0 radical (unpaired) electrons. The number of sulfonamides is 1. The number of carbonyl (C=O) groups is 1. The third-order valence-corrected chi connectivity index (χ3v) is 7.14. The van der Waals surface area contributed by atoms with Crippen LogP contribution < -0.4 is 14.4 Å². The molecule has 8 heteroatoms. The number of carbonyl (C=O) groups excluding carboxylic acids is 1. The molecule has 0 aliphatic heterocycles. The summed E-state index contributed by atoms with van der Waals surface area (Å²) in [4.78, 5) is 12.6. The van der Waals surface area contributed by atoms with Crippen molar-refractivity contribution in [2.75, 3.05) is 11.4 Å². The Morgan fingerprint density at radius 3 is 2.28 bits per heavy atom. The van der Waals surface area contributed by atoms with Gasteiger partial charge in [0.25, 0.3) is 15.9 Å². The molecule has 3 aromatic rings. The Kier molecular flexibility index (Phi) is 7.43. The van der Waals surface area contributed by atoms with Crippen LogP contribution >= 0.6 is 11.6 Å². The lowest BCUT2D eigenvalue weighted by atomic mass is 10.2. The first kappa shape index (κ1) is 23.6. The minimum absolute atomic E-state index is 0.217. The number of aryl methyl sites for hydroxylation is 1. The van der Waals surface area contributed by atoms with Crippen molar-refractivity contribution in [1.29, 1.82) is 0 Å². The van der Waals surface area contributed by atoms with Gasteiger partial charge in [-0.1, -0.05) is 47.5 Å². The number of nitrogens with zero attached hydrogens (tertiary/aromatic N) is 1. The molecule has 1 N–H and O–H groups in total. The SMILES string of the molecule is Cc1ccc(S(=O)(=O)N(C)c2ccc(OC(C)C(=O)NCc3ccccc3Cl)cc2)cc1. The van der Waals surface area contributed by atoms with Gasteiger partial charge in [0.2, 0.25) is 0 Å². The molecule has 0 saturated carbocycles. The standard InChI is InChI=1S/C24H25ClN2O4S/c1-17-8-14-22(15-9-17)32(29,30)27(3)20-10-12-21(13-11-20)31-18(2)24(28)26-16-19-6-4-5-7-23(19)25/h4-15,18H,16H2,1-3H3,(H,26,28). The van der Waals surface area contributed by atoms with Crippen molar-refractivity contribution < 1.29 is 17.9 Å². The van der Waals surface area contributed by atoms with E-state index in [1.807, 2.05) is 25.1 Å². The van der Waals surface area contributed by atoms with Crippen LogP contribution in [0.1, 0.15) is 18.1 Å². The molecule has 0 aliphatic rings. The van der Waals surface area contributed by atoms with Gasteiger partial charge in [0, 0.05) is 18.6 Å². The van der Waals surface area contributed by atoms with Crippen LogP contribution in [0.15, 0.2) is 77.7 Å². The van der Waals surface area contributed by atoms with Gasteiger partial charge < -0.3 is 10.1 Å². The van der Waals surface area contributed by atoms with Crippen LogP contribution in [0.3, 0.4) is 0 Å². The van der Waals surface area contributed by atoms with Crippen molar-refractivity contribution in [2.24, 2.45) is 0 Å². The highest BCUT2D eigenvalue weighted by molar-refractivity contribution is 7.92. The van der Waals surface area contributed by atoms with Gasteiger partial charge in [-0.3, -0.25) is 9.10 Å². The van der Waals surface area contributed by atoms with E-state index in [2.05, 4.69) is 5.32 Å². The van der Waals surface area contributed by atoms with Crippen LogP contribution in [0.5, 0.6) is 5.75 Å². The Hall–Kier alpha value is -3.03. The van der Waals surface area contributed by atoms with Gasteiger partial charge in [-0.2, -0.15) is 0 Å². The lowest BCUT2D eigenvalue weighted by Crippen LogP contribution is -2.36. The lowest BCUT2D eigenvalue weighted by molar-refractivity contribution is -0.127. The normalized spacial score (nSPS) is 12.1. The van der Waals surface area contributed by atoms with E-state index >= 15 is 0 Å². The van der Waals surface area contributed by atoms with E-state index in [9.17, 15) is 13.2 Å². The topological polar surface area (TPSA) is 75.7 Å². The average molecular weight is 473 g/mol. The second kappa shape index (κ2) is 10.1. The number of ether oxygens (including phenoxy) is 1. The van der Waals surface area contributed by atoms with Crippen molar-refractivity contribution in [3.63, 3.8) is 0 Å². The summed E-state index contributed by atoms with van der Waals surface area (Å²) in [6.07, 6.45) is -0.739. The molecular formula is C24H25ClN2O4S. The first-order valence-electron chi connectivity index (χ1n) is 10.0. The molecule has 32 heavy (non-hydrogen) atoms. The molecule has 0 fully saturated rings. The molecule has 0 bridgehead atoms. The fourth-order valence-corrected chi connectivity index (χ4v) is 4.37. The van der Waals surface area contributed by atoms with Crippen LogP contribution in [0.25, 0.3) is 0 Å². The largest absolute Gasteiger partial charge is 0.481 e. The number of nitrogens with one attached hydrogen (secondary N) is 1. The van der Waals surface area contributed by atoms with Gasteiger partial charge in [-0.25, -0.2) is 8.42 Å². The van der Waals surface area contributed by atoms with Gasteiger partial charge >= 0.3 is 0 Å². The maximum Gasteiger partial charge on any atom is 0.264 e. The summed E-state index contributed by atoms with van der Waals surface area (Å²) in [7, 11) is -2.18. The molecule has 0 heterocycles. The van der Waals surface area contributed by atoms with Gasteiger partial charge in [0.1, 0.15) is 5.75 Å². The molecule has 168 valence electrons. The number of amides is 1. The highest BCUT2D eigenvalue weighted by atomic mass is 35.5. The number of rotatable bonds is 8. The van der Waals surface area contributed by atoms with Crippen molar-refractivity contribution in [3.05, 3.63) is 88.9 Å². The second-order valence-electron chi connectivity index (χ2n) is 7.35. The quantitative estimate of drug-likeness (QED) is 0.521. The van der Waals surface area contributed by atoms with Crippen LogP contribution in [-0.4, -0.2) is 27.5 Å². The Morgan fingerprint density at radius 1 is 1.03 bits per heavy atom. The summed E-state index contributed by atoms with van der Waals surface area (Å²) >= 11 is 6.11. The zero-order chi connectivity index (χ0) is 23.3. The van der Waals surface area contributed by atoms with Crippen molar-refractivity contribution in [3.8, 4) is 5.75 Å². The fraction of sp³-hybridized carbons (Fsp3) is 0.208. The third kappa shape index (κ3) is 5.60. The summed E-state index contributed by atoms with van der Waals surface area (Å²) in [5.74, 6) is 0.170. The van der Waals surface area contributed by atoms with E-state index in [0.717, 1.165) is 11.1 Å². The second-order valence-corrected chi connectivity index (χ2v) is 9.73. The molecule has 3 aromatic carbocycles. The number of anilines is 1. The predicted octanol–water partition coefficient (Wildman–Crippen LogP) is 4.56. The van der Waals surface area contributed by atoms with E-state index in [-0.39, 0.29) is 10.8 Å². The third-order valence-electron chi connectivity index (χ3n) is 4.97. The van der Waals surface area contributed by atoms with Crippen molar-refractivity contribution in [2.45, 2.75) is 31.4 Å². The van der Waals surface area contributed by atoms with E-state index < -0.39 is 16.1 Å². The Morgan fingerprint density at radius 2 is 1.66 bits per heavy atom. The number of halogens is 1. The van der Waals surface area contributed by atoms with Crippen LogP contribution in [0.2, 0.25) is 5.02 Å². The van der Waals surface area contributed by atoms with Crippen molar-refractivity contribution in [1.82, 2.24) is 5.32 Å². The molecule has 3 rings (SSSR count). The molecule has 1 unspecified atom stereocenters. The van der Waals surface area contributed by atoms with Gasteiger partial charge in [-0.15, -0.1) is 0 Å². The monoisotopic (exact) mass is 472 g/mol. The molecule has 1 amide bonds. The molecule has 0 spiro atoms. The average Bonchev–Trinajstić information content (AvgIpc) is 2.78. The Balaban J connectivity index is 1.61. The minimum atomic E-state index is -3.68. The molecular weight excluding hydrogens is 448 g/mol. The fourth-order valence-electron chi connectivity index (χ4n) is 2.97. The zero-order valence-electron chi connectivity index (χ0n) is 18.1. The van der Waals surface area contributed by atoms with Gasteiger partial charge in [0.15, 0.2) is 6.10 Å². The van der Waals surface area contributed by atoms with Crippen LogP contribution in [0.4, 0.5) is 5.69 Å². The van der Waals surface area contributed by atoms with E-state index in [0.29, 0.717) is 23.0 Å². The van der Waals surface area contributed by atoms with Crippen molar-refractivity contribution >= 4 is 33.2 Å². The molecule has 0 aromatic heterocycles. The van der Waals surface area contributed by atoms with E-state index in [4.69, 9.17) is 16.3 Å². The Labute approximate surface area is 193 Å². The highest BCUT2D eigenvalue weighted by Crippen LogP contribution is 2.25. The number of hydrogen-bond donors (Lipinski definition) is 1. The number of benzene rings is 3. The van der Waals surface area contributed by atoms with Gasteiger partial charge in [-0.05, 0) is 61.9 Å². The lowest BCUT2D eigenvalue weighted by Gasteiger charge is -2.20. The predicted molar refractivity (Wildman–Crippen MR) is 127 cm³/mol. The summed E-state index contributed by atoms with van der Waals surface area (Å²) in [6.45, 7) is 3.84. The first-order valence-corrected chi connectivity index (χ1v) is 11.8. The van der Waals surface area contributed by atoms with Gasteiger partial charge in [0.05, 0.1) is 10.6 Å². The molecule has 1 atom stereocenters. The van der Waals surface area contributed by atoms with Crippen LogP contribution in [0, 0.1) is 6.92 Å².